The van der Waals surface area contributed by atoms with E-state index in [0.29, 0.717) is 0 Å². The number of piperidine rings is 1. The minimum atomic E-state index is -0.0416. The lowest BCUT2D eigenvalue weighted by Gasteiger charge is -2.41. The standard InChI is InChI=1S/C21H26N2O2/c1-24-18-7-8-20-19(15-18)22-12-9-21(25-20)10-13-23(14-11-21)16-17-5-3-2-4-6-17/h2-8,15,22H,9-14,16H2,1H3. The maximum atomic E-state index is 6.54. The van der Waals surface area contributed by atoms with E-state index in [-0.39, 0.29) is 5.60 Å². The van der Waals surface area contributed by atoms with Gasteiger partial charge in [-0.05, 0) is 30.5 Å². The quantitative estimate of drug-likeness (QED) is 0.919. The maximum Gasteiger partial charge on any atom is 0.143 e. The first-order valence-electron chi connectivity index (χ1n) is 9.14. The van der Waals surface area contributed by atoms with Gasteiger partial charge in [0.1, 0.15) is 17.1 Å². The van der Waals surface area contributed by atoms with E-state index in [9.17, 15) is 0 Å². The molecule has 2 heterocycles. The molecule has 4 heteroatoms. The van der Waals surface area contributed by atoms with E-state index in [1.54, 1.807) is 7.11 Å². The van der Waals surface area contributed by atoms with E-state index in [2.05, 4.69) is 40.5 Å². The average Bonchev–Trinajstić information content (AvgIpc) is 2.83. The van der Waals surface area contributed by atoms with Crippen molar-refractivity contribution in [2.24, 2.45) is 0 Å². The van der Waals surface area contributed by atoms with Gasteiger partial charge in [-0.25, -0.2) is 0 Å². The Labute approximate surface area is 149 Å². The Morgan fingerprint density at radius 1 is 1.08 bits per heavy atom. The number of nitrogens with one attached hydrogen (secondary N) is 1. The van der Waals surface area contributed by atoms with Gasteiger partial charge in [-0.1, -0.05) is 30.3 Å². The number of ether oxygens (including phenoxy) is 2. The van der Waals surface area contributed by atoms with Crippen molar-refractivity contribution in [1.29, 1.82) is 0 Å². The van der Waals surface area contributed by atoms with Crippen molar-refractivity contribution in [2.45, 2.75) is 31.4 Å². The van der Waals surface area contributed by atoms with Crippen LogP contribution in [0.2, 0.25) is 0 Å². The first-order chi connectivity index (χ1) is 12.3. The third-order valence-corrected chi connectivity index (χ3v) is 5.43. The van der Waals surface area contributed by atoms with Crippen LogP contribution in [0.4, 0.5) is 5.69 Å². The molecule has 0 aliphatic carbocycles. The Balaban J connectivity index is 1.43. The normalized spacial score (nSPS) is 19.4. The van der Waals surface area contributed by atoms with Gasteiger partial charge in [0, 0.05) is 38.7 Å². The summed E-state index contributed by atoms with van der Waals surface area (Å²) < 4.78 is 11.9. The molecule has 4 nitrogen and oxygen atoms in total. The minimum Gasteiger partial charge on any atom is -0.497 e. The third kappa shape index (κ3) is 3.59. The molecule has 0 atom stereocenters. The summed E-state index contributed by atoms with van der Waals surface area (Å²) in [6, 6.07) is 16.8. The molecule has 0 amide bonds. The van der Waals surface area contributed by atoms with Gasteiger partial charge in [0.15, 0.2) is 0 Å². The summed E-state index contributed by atoms with van der Waals surface area (Å²) in [6.45, 7) is 4.14. The van der Waals surface area contributed by atoms with Crippen molar-refractivity contribution in [2.75, 3.05) is 32.1 Å². The molecular formula is C21H26N2O2. The largest absolute Gasteiger partial charge is 0.497 e. The Morgan fingerprint density at radius 3 is 2.64 bits per heavy atom. The molecule has 1 spiro atoms. The summed E-state index contributed by atoms with van der Waals surface area (Å²) in [4.78, 5) is 2.54. The third-order valence-electron chi connectivity index (χ3n) is 5.43. The molecule has 4 rings (SSSR count). The molecule has 0 aromatic heterocycles. The van der Waals surface area contributed by atoms with Crippen molar-refractivity contribution in [3.05, 3.63) is 54.1 Å². The van der Waals surface area contributed by atoms with Gasteiger partial charge < -0.3 is 14.8 Å². The molecule has 0 saturated carbocycles. The Morgan fingerprint density at radius 2 is 1.88 bits per heavy atom. The fourth-order valence-electron chi connectivity index (χ4n) is 3.88. The predicted octanol–water partition coefficient (Wildman–Crippen LogP) is 3.92. The molecule has 2 aromatic carbocycles. The number of hydrogen-bond donors (Lipinski definition) is 1. The molecule has 1 saturated heterocycles. The second-order valence-electron chi connectivity index (χ2n) is 7.09. The smallest absolute Gasteiger partial charge is 0.143 e. The highest BCUT2D eigenvalue weighted by Gasteiger charge is 2.38. The van der Waals surface area contributed by atoms with E-state index in [1.165, 1.54) is 5.56 Å². The van der Waals surface area contributed by atoms with Crippen molar-refractivity contribution in [1.82, 2.24) is 4.90 Å². The van der Waals surface area contributed by atoms with Gasteiger partial charge in [0.2, 0.25) is 0 Å². The van der Waals surface area contributed by atoms with Crippen LogP contribution in [0.25, 0.3) is 0 Å². The van der Waals surface area contributed by atoms with Crippen LogP contribution in [0.5, 0.6) is 11.5 Å². The van der Waals surface area contributed by atoms with Crippen LogP contribution in [0.15, 0.2) is 48.5 Å². The lowest BCUT2D eigenvalue weighted by molar-refractivity contribution is -0.00187. The minimum absolute atomic E-state index is 0.0416. The van der Waals surface area contributed by atoms with Gasteiger partial charge in [-0.3, -0.25) is 4.90 Å². The molecule has 1 fully saturated rings. The van der Waals surface area contributed by atoms with Crippen molar-refractivity contribution < 1.29 is 9.47 Å². The van der Waals surface area contributed by atoms with Crippen LogP contribution in [0.1, 0.15) is 24.8 Å². The van der Waals surface area contributed by atoms with E-state index in [4.69, 9.17) is 9.47 Å². The first-order valence-corrected chi connectivity index (χ1v) is 9.14. The molecule has 2 aliphatic rings. The molecule has 25 heavy (non-hydrogen) atoms. The molecule has 1 N–H and O–H groups in total. The van der Waals surface area contributed by atoms with Crippen LogP contribution in [-0.2, 0) is 6.54 Å². The van der Waals surface area contributed by atoms with Crippen molar-refractivity contribution in [3.63, 3.8) is 0 Å². The Hall–Kier alpha value is -2.20. The topological polar surface area (TPSA) is 33.7 Å². The summed E-state index contributed by atoms with van der Waals surface area (Å²) in [5.74, 6) is 1.82. The predicted molar refractivity (Wildman–Crippen MR) is 100 cm³/mol. The van der Waals surface area contributed by atoms with Crippen LogP contribution in [-0.4, -0.2) is 37.2 Å². The zero-order chi connectivity index (χ0) is 17.1. The van der Waals surface area contributed by atoms with Gasteiger partial charge >= 0.3 is 0 Å². The second kappa shape index (κ2) is 6.96. The van der Waals surface area contributed by atoms with Crippen LogP contribution in [0.3, 0.4) is 0 Å². The summed E-state index contributed by atoms with van der Waals surface area (Å²) in [5.41, 5.74) is 2.39. The summed E-state index contributed by atoms with van der Waals surface area (Å²) >= 11 is 0. The van der Waals surface area contributed by atoms with Gasteiger partial charge in [-0.2, -0.15) is 0 Å². The Bertz CT molecular complexity index is 709. The van der Waals surface area contributed by atoms with E-state index >= 15 is 0 Å². The Kier molecular flexibility index (Phi) is 4.53. The number of nitrogens with zero attached hydrogens (tertiary/aromatic N) is 1. The van der Waals surface area contributed by atoms with Gasteiger partial charge in [0.25, 0.3) is 0 Å². The number of anilines is 1. The molecular weight excluding hydrogens is 312 g/mol. The highest BCUT2D eigenvalue weighted by atomic mass is 16.5. The van der Waals surface area contributed by atoms with Crippen LogP contribution < -0.4 is 14.8 Å². The molecule has 2 aromatic rings. The first kappa shape index (κ1) is 16.3. The highest BCUT2D eigenvalue weighted by molar-refractivity contribution is 5.60. The lowest BCUT2D eigenvalue weighted by Crippen LogP contribution is -2.48. The average molecular weight is 338 g/mol. The van der Waals surface area contributed by atoms with Crippen molar-refractivity contribution in [3.8, 4) is 11.5 Å². The number of benzene rings is 2. The van der Waals surface area contributed by atoms with Crippen molar-refractivity contribution >= 4 is 5.69 Å². The molecule has 0 bridgehead atoms. The number of rotatable bonds is 3. The van der Waals surface area contributed by atoms with Gasteiger partial charge in [-0.15, -0.1) is 0 Å². The molecule has 2 aliphatic heterocycles. The fourth-order valence-corrected chi connectivity index (χ4v) is 3.88. The number of methoxy groups -OCH3 is 1. The molecule has 0 unspecified atom stereocenters. The van der Waals surface area contributed by atoms with Crippen LogP contribution in [0, 0.1) is 0 Å². The monoisotopic (exact) mass is 338 g/mol. The zero-order valence-electron chi connectivity index (χ0n) is 14.8. The summed E-state index contributed by atoms with van der Waals surface area (Å²) in [6.07, 6.45) is 3.20. The number of likely N-dealkylation sites (tertiary alicyclic amines) is 1. The lowest BCUT2D eigenvalue weighted by atomic mass is 9.87. The highest BCUT2D eigenvalue weighted by Crippen LogP contribution is 2.39. The summed E-state index contributed by atoms with van der Waals surface area (Å²) in [5, 5.41) is 3.50. The van der Waals surface area contributed by atoms with E-state index < -0.39 is 0 Å². The van der Waals surface area contributed by atoms with Crippen LogP contribution >= 0.6 is 0 Å². The molecule has 0 radical (unpaired) electrons. The summed E-state index contributed by atoms with van der Waals surface area (Å²) in [7, 11) is 1.70. The van der Waals surface area contributed by atoms with E-state index in [1.807, 2.05) is 18.2 Å². The number of fused-ring (bicyclic) bond motifs is 1. The zero-order valence-corrected chi connectivity index (χ0v) is 14.8. The SMILES string of the molecule is COc1ccc2c(c1)NCCC1(CCN(Cc3ccccc3)CC1)O2. The molecule has 132 valence electrons. The second-order valence-corrected chi connectivity index (χ2v) is 7.09. The maximum absolute atomic E-state index is 6.54. The van der Waals surface area contributed by atoms with Gasteiger partial charge in [0.05, 0.1) is 12.8 Å². The fraction of sp³-hybridized carbons (Fsp3) is 0.429. The number of hydrogen-bond acceptors (Lipinski definition) is 4. The van der Waals surface area contributed by atoms with E-state index in [0.717, 1.165) is 62.6 Å².